The molecule has 2 aromatic rings. The summed E-state index contributed by atoms with van der Waals surface area (Å²) in [5, 5.41) is 12.3. The second-order valence-electron chi connectivity index (χ2n) is 4.09. The van der Waals surface area contributed by atoms with Crippen LogP contribution in [0, 0.1) is 6.92 Å². The average molecular weight is 314 g/mol. The number of hydrogen-bond acceptors (Lipinski definition) is 6. The number of aromatic nitrogens is 2. The molecule has 0 radical (unpaired) electrons. The molecule has 0 saturated carbocycles. The van der Waals surface area contributed by atoms with Crippen molar-refractivity contribution in [2.45, 2.75) is 23.6 Å². The smallest absolute Gasteiger partial charge is 0.281 e. The van der Waals surface area contributed by atoms with Crippen molar-refractivity contribution >= 4 is 23.4 Å². The molecule has 1 heterocycles. The van der Waals surface area contributed by atoms with E-state index in [4.69, 9.17) is 20.8 Å². The molecule has 0 unspecified atom stereocenters. The molecule has 0 amide bonds. The molecule has 0 aliphatic heterocycles. The topological polar surface area (TPSA) is 60.2 Å². The second kappa shape index (κ2) is 7.64. The van der Waals surface area contributed by atoms with Gasteiger partial charge in [0.15, 0.2) is 0 Å². The highest BCUT2D eigenvalue weighted by Crippen LogP contribution is 2.35. The number of benzene rings is 1. The minimum atomic E-state index is 0.494. The Bertz CT molecular complexity index is 562. The van der Waals surface area contributed by atoms with E-state index in [0.29, 0.717) is 29.3 Å². The van der Waals surface area contributed by atoms with Gasteiger partial charge < -0.3 is 14.5 Å². The largest absolute Gasteiger partial charge is 0.416 e. The molecule has 1 N–H and O–H groups in total. The Morgan fingerprint density at radius 2 is 2.25 bits per heavy atom. The number of hydrogen-bond donors (Lipinski definition) is 1. The lowest BCUT2D eigenvalue weighted by atomic mass is 10.2. The maximum Gasteiger partial charge on any atom is 0.281 e. The van der Waals surface area contributed by atoms with Gasteiger partial charge in [0.05, 0.1) is 11.6 Å². The van der Waals surface area contributed by atoms with Gasteiger partial charge in [-0.1, -0.05) is 23.7 Å². The highest BCUT2D eigenvalue weighted by molar-refractivity contribution is 7.99. The molecule has 5 nitrogen and oxygen atoms in total. The summed E-state index contributed by atoms with van der Waals surface area (Å²) < 4.78 is 10.4. The summed E-state index contributed by atoms with van der Waals surface area (Å²) in [6.45, 7) is 3.93. The lowest BCUT2D eigenvalue weighted by molar-refractivity contribution is 0.199. The van der Waals surface area contributed by atoms with Crippen LogP contribution >= 0.6 is 23.4 Å². The Labute approximate surface area is 127 Å². The molecule has 0 saturated heterocycles. The van der Waals surface area contributed by atoms with Crippen molar-refractivity contribution in [3.8, 4) is 0 Å². The summed E-state index contributed by atoms with van der Waals surface area (Å²) in [4.78, 5) is 0.933. The van der Waals surface area contributed by atoms with E-state index in [2.05, 4.69) is 15.5 Å². The highest BCUT2D eigenvalue weighted by atomic mass is 35.5. The van der Waals surface area contributed by atoms with E-state index in [1.54, 1.807) is 14.0 Å². The van der Waals surface area contributed by atoms with Gasteiger partial charge in [0.1, 0.15) is 0 Å². The van der Waals surface area contributed by atoms with Crippen LogP contribution in [-0.4, -0.2) is 30.5 Å². The standard InChI is InChI=1S/C13H16ClN3O2S/c1-9-16-17-13(19-9)20-12-10(4-3-5-11(12)14)8-15-6-7-18-2/h3-5,15H,6-8H2,1-2H3. The predicted molar refractivity (Wildman–Crippen MR) is 78.2 cm³/mol. The summed E-state index contributed by atoms with van der Waals surface area (Å²) in [6.07, 6.45) is 0. The van der Waals surface area contributed by atoms with E-state index in [0.717, 1.165) is 17.0 Å². The van der Waals surface area contributed by atoms with Crippen LogP contribution in [0.4, 0.5) is 0 Å². The SMILES string of the molecule is COCCNCc1cccc(Cl)c1Sc1nnc(C)o1. The molecule has 0 aliphatic rings. The Kier molecular flexibility index (Phi) is 5.85. The van der Waals surface area contributed by atoms with E-state index >= 15 is 0 Å². The number of nitrogens with one attached hydrogen (secondary N) is 1. The third-order valence-corrected chi connectivity index (χ3v) is 4.00. The highest BCUT2D eigenvalue weighted by Gasteiger charge is 2.12. The number of rotatable bonds is 7. The summed E-state index contributed by atoms with van der Waals surface area (Å²) in [6, 6.07) is 5.81. The molecule has 0 aliphatic carbocycles. The Morgan fingerprint density at radius 3 is 2.95 bits per heavy atom. The van der Waals surface area contributed by atoms with Crippen LogP contribution in [0.25, 0.3) is 0 Å². The molecule has 0 spiro atoms. The molecule has 108 valence electrons. The van der Waals surface area contributed by atoms with E-state index in [-0.39, 0.29) is 0 Å². The number of methoxy groups -OCH3 is 1. The molecule has 2 rings (SSSR count). The van der Waals surface area contributed by atoms with Crippen molar-refractivity contribution in [1.82, 2.24) is 15.5 Å². The maximum absolute atomic E-state index is 6.26. The number of aryl methyl sites for hydroxylation is 1. The van der Waals surface area contributed by atoms with Gasteiger partial charge in [-0.3, -0.25) is 0 Å². The molecule has 1 aromatic heterocycles. The van der Waals surface area contributed by atoms with Gasteiger partial charge >= 0.3 is 0 Å². The molecular weight excluding hydrogens is 298 g/mol. The van der Waals surface area contributed by atoms with Crippen LogP contribution in [0.15, 0.2) is 32.7 Å². The second-order valence-corrected chi connectivity index (χ2v) is 5.46. The van der Waals surface area contributed by atoms with Gasteiger partial charge in [-0.25, -0.2) is 0 Å². The van der Waals surface area contributed by atoms with Crippen molar-refractivity contribution in [3.63, 3.8) is 0 Å². The van der Waals surface area contributed by atoms with Crippen LogP contribution in [-0.2, 0) is 11.3 Å². The maximum atomic E-state index is 6.26. The fourth-order valence-electron chi connectivity index (χ4n) is 1.61. The fourth-order valence-corrected chi connectivity index (χ4v) is 2.78. The molecule has 0 bridgehead atoms. The van der Waals surface area contributed by atoms with E-state index in [1.807, 2.05) is 18.2 Å². The van der Waals surface area contributed by atoms with Crippen LogP contribution in [0.2, 0.25) is 5.02 Å². The number of nitrogens with zero attached hydrogens (tertiary/aromatic N) is 2. The zero-order valence-electron chi connectivity index (χ0n) is 11.4. The van der Waals surface area contributed by atoms with Crippen molar-refractivity contribution in [2.75, 3.05) is 20.3 Å². The quantitative estimate of drug-likeness (QED) is 0.793. The zero-order chi connectivity index (χ0) is 14.4. The first kappa shape index (κ1) is 15.3. The average Bonchev–Trinajstić information content (AvgIpc) is 2.84. The van der Waals surface area contributed by atoms with Crippen LogP contribution in [0.5, 0.6) is 0 Å². The van der Waals surface area contributed by atoms with Gasteiger partial charge in [-0.15, -0.1) is 10.2 Å². The lowest BCUT2D eigenvalue weighted by Gasteiger charge is -2.10. The van der Waals surface area contributed by atoms with Crippen molar-refractivity contribution in [2.24, 2.45) is 0 Å². The summed E-state index contributed by atoms with van der Waals surface area (Å²) in [7, 11) is 1.68. The first-order valence-corrected chi connectivity index (χ1v) is 7.35. The van der Waals surface area contributed by atoms with Crippen molar-refractivity contribution < 1.29 is 9.15 Å². The molecule has 20 heavy (non-hydrogen) atoms. The third-order valence-electron chi connectivity index (χ3n) is 2.54. The van der Waals surface area contributed by atoms with Crippen molar-refractivity contribution in [3.05, 3.63) is 34.7 Å². The molecular formula is C13H16ClN3O2S. The van der Waals surface area contributed by atoms with E-state index in [9.17, 15) is 0 Å². The minimum absolute atomic E-state index is 0.494. The fraction of sp³-hybridized carbons (Fsp3) is 0.385. The Hall–Kier alpha value is -1.08. The van der Waals surface area contributed by atoms with Gasteiger partial charge in [-0.2, -0.15) is 0 Å². The molecule has 7 heteroatoms. The van der Waals surface area contributed by atoms with E-state index < -0.39 is 0 Å². The summed E-state index contributed by atoms with van der Waals surface area (Å²) in [5.74, 6) is 0.541. The molecule has 0 fully saturated rings. The van der Waals surface area contributed by atoms with Crippen molar-refractivity contribution in [1.29, 1.82) is 0 Å². The minimum Gasteiger partial charge on any atom is -0.416 e. The first-order valence-electron chi connectivity index (χ1n) is 6.15. The summed E-state index contributed by atoms with van der Waals surface area (Å²) in [5.41, 5.74) is 1.09. The number of ether oxygens (including phenoxy) is 1. The van der Waals surface area contributed by atoms with Crippen LogP contribution in [0.3, 0.4) is 0 Å². The van der Waals surface area contributed by atoms with Gasteiger partial charge in [-0.05, 0) is 23.4 Å². The Balaban J connectivity index is 2.09. The van der Waals surface area contributed by atoms with Gasteiger partial charge in [0.25, 0.3) is 5.22 Å². The van der Waals surface area contributed by atoms with E-state index in [1.165, 1.54) is 11.8 Å². The van der Waals surface area contributed by atoms with Crippen LogP contribution < -0.4 is 5.32 Å². The summed E-state index contributed by atoms with van der Waals surface area (Å²) >= 11 is 7.65. The number of halogens is 1. The normalized spacial score (nSPS) is 10.9. The van der Waals surface area contributed by atoms with Gasteiger partial charge in [0, 0.05) is 32.0 Å². The zero-order valence-corrected chi connectivity index (χ0v) is 12.9. The monoisotopic (exact) mass is 313 g/mol. The van der Waals surface area contributed by atoms with Crippen LogP contribution in [0.1, 0.15) is 11.5 Å². The lowest BCUT2D eigenvalue weighted by Crippen LogP contribution is -2.18. The molecule has 1 aromatic carbocycles. The first-order chi connectivity index (χ1) is 9.70. The third kappa shape index (κ3) is 4.21. The van der Waals surface area contributed by atoms with Gasteiger partial charge in [0.2, 0.25) is 5.89 Å². The Morgan fingerprint density at radius 1 is 1.40 bits per heavy atom. The predicted octanol–water partition coefficient (Wildman–Crippen LogP) is 2.92. The molecule has 0 atom stereocenters.